The van der Waals surface area contributed by atoms with Gasteiger partial charge < -0.3 is 10.1 Å². The summed E-state index contributed by atoms with van der Waals surface area (Å²) in [7, 11) is 0. The molecule has 94 valence electrons. The minimum atomic E-state index is 0.000124. The van der Waals surface area contributed by atoms with Crippen LogP contribution in [-0.4, -0.2) is 50.2 Å². The number of rotatable bonds is 4. The van der Waals surface area contributed by atoms with Gasteiger partial charge >= 0.3 is 0 Å². The first-order valence-electron chi connectivity index (χ1n) is 5.58. The lowest BCUT2D eigenvalue weighted by atomic mass is 10.4. The summed E-state index contributed by atoms with van der Waals surface area (Å²) in [6.45, 7) is 5.08. The number of amides is 1. The number of nitrogens with one attached hydrogen (secondary N) is 1. The molecular formula is C11H15BrN2O2S. The Morgan fingerprint density at radius 3 is 2.94 bits per heavy atom. The van der Waals surface area contributed by atoms with E-state index >= 15 is 0 Å². The van der Waals surface area contributed by atoms with E-state index in [-0.39, 0.29) is 5.91 Å². The minimum Gasteiger partial charge on any atom is -0.379 e. The Bertz CT molecular complexity index is 377. The van der Waals surface area contributed by atoms with Crippen LogP contribution in [0.5, 0.6) is 0 Å². The molecule has 0 spiro atoms. The first-order valence-corrected chi connectivity index (χ1v) is 7.26. The smallest absolute Gasteiger partial charge is 0.262 e. The highest BCUT2D eigenvalue weighted by Gasteiger charge is 2.13. The average molecular weight is 319 g/mol. The molecule has 1 N–H and O–H groups in total. The molecule has 1 aliphatic heterocycles. The lowest BCUT2D eigenvalue weighted by molar-refractivity contribution is 0.0383. The van der Waals surface area contributed by atoms with E-state index in [0.717, 1.165) is 42.2 Å². The lowest BCUT2D eigenvalue weighted by Gasteiger charge is -2.26. The third-order valence-corrected chi connectivity index (χ3v) is 4.48. The third kappa shape index (κ3) is 3.77. The zero-order valence-corrected chi connectivity index (χ0v) is 11.8. The van der Waals surface area contributed by atoms with Gasteiger partial charge in [-0.05, 0) is 27.4 Å². The molecular weight excluding hydrogens is 304 g/mol. The molecule has 1 fully saturated rings. The zero-order valence-electron chi connectivity index (χ0n) is 9.45. The largest absolute Gasteiger partial charge is 0.379 e. The molecule has 17 heavy (non-hydrogen) atoms. The van der Waals surface area contributed by atoms with Gasteiger partial charge in [0.05, 0.1) is 13.2 Å². The van der Waals surface area contributed by atoms with E-state index in [1.54, 1.807) is 0 Å². The monoisotopic (exact) mass is 318 g/mol. The van der Waals surface area contributed by atoms with Crippen LogP contribution in [0.25, 0.3) is 0 Å². The third-order valence-electron chi connectivity index (χ3n) is 2.64. The van der Waals surface area contributed by atoms with Gasteiger partial charge in [-0.2, -0.15) is 0 Å². The molecule has 1 aliphatic rings. The van der Waals surface area contributed by atoms with Crippen LogP contribution < -0.4 is 5.32 Å². The van der Waals surface area contributed by atoms with Crippen LogP contribution >= 0.6 is 27.3 Å². The molecule has 4 nitrogen and oxygen atoms in total. The molecule has 1 saturated heterocycles. The van der Waals surface area contributed by atoms with E-state index < -0.39 is 0 Å². The maximum Gasteiger partial charge on any atom is 0.262 e. The minimum absolute atomic E-state index is 0.000124. The number of ether oxygens (including phenoxy) is 1. The quantitative estimate of drug-likeness (QED) is 0.916. The first-order chi connectivity index (χ1) is 8.27. The summed E-state index contributed by atoms with van der Waals surface area (Å²) < 4.78 is 6.14. The van der Waals surface area contributed by atoms with Crippen molar-refractivity contribution in [2.45, 2.75) is 0 Å². The summed E-state index contributed by atoms with van der Waals surface area (Å²) in [5.74, 6) is 0.000124. The summed E-state index contributed by atoms with van der Waals surface area (Å²) in [4.78, 5) is 14.8. The second-order valence-electron chi connectivity index (χ2n) is 3.81. The van der Waals surface area contributed by atoms with Crippen LogP contribution in [0.3, 0.4) is 0 Å². The van der Waals surface area contributed by atoms with Crippen molar-refractivity contribution in [3.63, 3.8) is 0 Å². The molecule has 2 rings (SSSR count). The van der Waals surface area contributed by atoms with Crippen molar-refractivity contribution in [1.82, 2.24) is 10.2 Å². The molecule has 0 bridgehead atoms. The number of nitrogens with zero attached hydrogens (tertiary/aromatic N) is 1. The van der Waals surface area contributed by atoms with Crippen LogP contribution in [-0.2, 0) is 4.74 Å². The Balaban J connectivity index is 1.71. The molecule has 2 heterocycles. The summed E-state index contributed by atoms with van der Waals surface area (Å²) in [6.07, 6.45) is 0. The molecule has 0 unspecified atom stereocenters. The van der Waals surface area contributed by atoms with Gasteiger partial charge in [0.25, 0.3) is 5.91 Å². The van der Waals surface area contributed by atoms with Gasteiger partial charge in [-0.25, -0.2) is 0 Å². The maximum absolute atomic E-state index is 11.8. The van der Waals surface area contributed by atoms with E-state index in [1.807, 2.05) is 11.4 Å². The van der Waals surface area contributed by atoms with E-state index in [1.165, 1.54) is 11.3 Å². The van der Waals surface area contributed by atoms with Crippen LogP contribution in [0.15, 0.2) is 15.9 Å². The lowest BCUT2D eigenvalue weighted by Crippen LogP contribution is -2.41. The fraction of sp³-hybridized carbons (Fsp3) is 0.545. The van der Waals surface area contributed by atoms with E-state index in [9.17, 15) is 4.79 Å². The number of carbonyl (C=O) groups excluding carboxylic acids is 1. The van der Waals surface area contributed by atoms with Crippen molar-refractivity contribution < 1.29 is 9.53 Å². The topological polar surface area (TPSA) is 41.6 Å². The number of carbonyl (C=O) groups is 1. The molecule has 0 radical (unpaired) electrons. The first kappa shape index (κ1) is 13.0. The Morgan fingerprint density at radius 2 is 2.29 bits per heavy atom. The molecule has 1 amide bonds. The highest BCUT2D eigenvalue weighted by atomic mass is 79.9. The Labute approximate surface area is 113 Å². The van der Waals surface area contributed by atoms with Gasteiger partial charge in [0.1, 0.15) is 4.88 Å². The van der Waals surface area contributed by atoms with Crippen molar-refractivity contribution in [2.75, 3.05) is 39.4 Å². The fourth-order valence-corrected chi connectivity index (χ4v) is 3.16. The summed E-state index contributed by atoms with van der Waals surface area (Å²) in [6, 6.07) is 1.89. The average Bonchev–Trinajstić information content (AvgIpc) is 2.77. The van der Waals surface area contributed by atoms with Crippen LogP contribution in [0.4, 0.5) is 0 Å². The predicted octanol–water partition coefficient (Wildman–Crippen LogP) is 1.57. The SMILES string of the molecule is O=C(NCCN1CCOCC1)c1sccc1Br. The number of thiophene rings is 1. The zero-order chi connectivity index (χ0) is 12.1. The number of hydrogen-bond acceptors (Lipinski definition) is 4. The van der Waals surface area contributed by atoms with Gasteiger partial charge in [0, 0.05) is 30.7 Å². The molecule has 0 aliphatic carbocycles. The molecule has 1 aromatic heterocycles. The van der Waals surface area contributed by atoms with Crippen molar-refractivity contribution in [2.24, 2.45) is 0 Å². The van der Waals surface area contributed by atoms with Gasteiger partial charge in [0.15, 0.2) is 0 Å². The van der Waals surface area contributed by atoms with Gasteiger partial charge in [-0.1, -0.05) is 0 Å². The van der Waals surface area contributed by atoms with Crippen molar-refractivity contribution >= 4 is 33.2 Å². The number of halogens is 1. The van der Waals surface area contributed by atoms with E-state index in [4.69, 9.17) is 4.74 Å². The van der Waals surface area contributed by atoms with E-state index in [0.29, 0.717) is 6.54 Å². The van der Waals surface area contributed by atoms with Gasteiger partial charge in [-0.15, -0.1) is 11.3 Å². The van der Waals surface area contributed by atoms with Crippen molar-refractivity contribution in [3.8, 4) is 0 Å². The molecule has 6 heteroatoms. The van der Waals surface area contributed by atoms with Gasteiger partial charge in [-0.3, -0.25) is 9.69 Å². The van der Waals surface area contributed by atoms with E-state index in [2.05, 4.69) is 26.1 Å². The van der Waals surface area contributed by atoms with Crippen LogP contribution in [0.2, 0.25) is 0 Å². The van der Waals surface area contributed by atoms with Crippen molar-refractivity contribution in [1.29, 1.82) is 0 Å². The molecule has 0 atom stereocenters. The Morgan fingerprint density at radius 1 is 1.53 bits per heavy atom. The highest BCUT2D eigenvalue weighted by molar-refractivity contribution is 9.10. The van der Waals surface area contributed by atoms with Gasteiger partial charge in [0.2, 0.25) is 0 Å². The summed E-state index contributed by atoms with van der Waals surface area (Å²) in [5.41, 5.74) is 0. The standard InChI is InChI=1S/C11H15BrN2O2S/c12-9-1-8-17-10(9)11(15)13-2-3-14-4-6-16-7-5-14/h1,8H,2-7H2,(H,13,15). The second kappa shape index (κ2) is 6.49. The Kier molecular flexibility index (Phi) is 4.97. The highest BCUT2D eigenvalue weighted by Crippen LogP contribution is 2.22. The van der Waals surface area contributed by atoms with Crippen LogP contribution in [0, 0.1) is 0 Å². The fourth-order valence-electron chi connectivity index (χ4n) is 1.69. The van der Waals surface area contributed by atoms with Crippen molar-refractivity contribution in [3.05, 3.63) is 20.8 Å². The molecule has 0 aromatic carbocycles. The predicted molar refractivity (Wildman–Crippen MR) is 71.6 cm³/mol. The number of morpholine rings is 1. The molecule has 1 aromatic rings. The normalized spacial score (nSPS) is 17.0. The number of hydrogen-bond donors (Lipinski definition) is 1. The summed E-state index contributed by atoms with van der Waals surface area (Å²) in [5, 5.41) is 4.84. The molecule has 0 saturated carbocycles. The van der Waals surface area contributed by atoms with Crippen LogP contribution in [0.1, 0.15) is 9.67 Å². The second-order valence-corrected chi connectivity index (χ2v) is 5.58. The summed E-state index contributed by atoms with van der Waals surface area (Å²) >= 11 is 4.81. The Hall–Kier alpha value is -0.430. The maximum atomic E-state index is 11.8.